The molecule has 0 aliphatic rings. The number of rotatable bonds is 2. The Morgan fingerprint density at radius 1 is 1.22 bits per heavy atom. The Bertz CT molecular complexity index is 601. The summed E-state index contributed by atoms with van der Waals surface area (Å²) in [7, 11) is 0. The summed E-state index contributed by atoms with van der Waals surface area (Å²) in [5.41, 5.74) is 0.660. The van der Waals surface area contributed by atoms with Gasteiger partial charge in [0.1, 0.15) is 17.6 Å². The first kappa shape index (κ1) is 12.4. The summed E-state index contributed by atoms with van der Waals surface area (Å²) in [6.07, 6.45) is 3.01. The molecule has 0 radical (unpaired) electrons. The number of nitrogens with zero attached hydrogens (tertiary/aromatic N) is 3. The number of hydrogen-bond donors (Lipinski definition) is 1. The molecule has 0 fully saturated rings. The van der Waals surface area contributed by atoms with Gasteiger partial charge < -0.3 is 5.32 Å². The van der Waals surface area contributed by atoms with Crippen molar-refractivity contribution >= 4 is 34.3 Å². The lowest BCUT2D eigenvalue weighted by atomic mass is 10.2. The number of carbonyl (C=O) groups is 1. The van der Waals surface area contributed by atoms with Gasteiger partial charge in [0.05, 0.1) is 5.56 Å². The minimum atomic E-state index is -0.354. The van der Waals surface area contributed by atoms with Crippen LogP contribution in [-0.2, 0) is 0 Å². The molecule has 0 atom stereocenters. The van der Waals surface area contributed by atoms with E-state index in [0.717, 1.165) is 3.57 Å². The van der Waals surface area contributed by atoms with E-state index in [1.54, 1.807) is 18.3 Å². The van der Waals surface area contributed by atoms with E-state index in [1.807, 2.05) is 12.1 Å². The minimum Gasteiger partial charge on any atom is -0.305 e. The Labute approximate surface area is 117 Å². The molecule has 88 valence electrons. The van der Waals surface area contributed by atoms with Gasteiger partial charge in [0.15, 0.2) is 0 Å². The highest BCUT2D eigenvalue weighted by Gasteiger charge is 2.08. The second-order valence-corrected chi connectivity index (χ2v) is 4.61. The fraction of sp³-hybridized carbons (Fsp3) is 0. The molecule has 6 heteroatoms. The molecule has 0 saturated heterocycles. The fourth-order valence-electron chi connectivity index (χ4n) is 1.22. The summed E-state index contributed by atoms with van der Waals surface area (Å²) >= 11 is 2.13. The van der Waals surface area contributed by atoms with E-state index >= 15 is 0 Å². The second-order valence-electron chi connectivity index (χ2n) is 3.36. The van der Waals surface area contributed by atoms with Gasteiger partial charge in [0.25, 0.3) is 5.91 Å². The molecule has 2 heterocycles. The number of nitrogens with one attached hydrogen (secondary N) is 1. The van der Waals surface area contributed by atoms with Crippen LogP contribution in [0.2, 0.25) is 0 Å². The molecule has 0 aromatic carbocycles. The van der Waals surface area contributed by atoms with Gasteiger partial charge >= 0.3 is 0 Å². The van der Waals surface area contributed by atoms with Crippen LogP contribution in [0, 0.1) is 14.9 Å². The first-order valence-electron chi connectivity index (χ1n) is 4.98. The zero-order chi connectivity index (χ0) is 13.0. The fourth-order valence-corrected chi connectivity index (χ4v) is 1.54. The lowest BCUT2D eigenvalue weighted by Crippen LogP contribution is -2.14. The third-order valence-electron chi connectivity index (χ3n) is 2.09. The first-order valence-corrected chi connectivity index (χ1v) is 6.06. The van der Waals surface area contributed by atoms with Crippen LogP contribution in [0.4, 0.5) is 5.82 Å². The SMILES string of the molecule is N#Cc1ccc(C(=O)Nc2ccc(I)cn2)nc1. The smallest absolute Gasteiger partial charge is 0.275 e. The summed E-state index contributed by atoms with van der Waals surface area (Å²) in [6, 6.07) is 8.54. The zero-order valence-electron chi connectivity index (χ0n) is 9.09. The molecular weight excluding hydrogens is 343 g/mol. The molecule has 0 aliphatic heterocycles. The molecule has 0 bridgehead atoms. The molecule has 2 aromatic rings. The maximum atomic E-state index is 11.8. The van der Waals surface area contributed by atoms with Crippen LogP contribution < -0.4 is 5.32 Å². The Morgan fingerprint density at radius 3 is 2.61 bits per heavy atom. The second kappa shape index (κ2) is 5.55. The molecule has 2 rings (SSSR count). The van der Waals surface area contributed by atoms with Crippen LogP contribution in [0.15, 0.2) is 36.7 Å². The Kier molecular flexibility index (Phi) is 3.84. The molecule has 0 aliphatic carbocycles. The number of amides is 1. The number of aromatic nitrogens is 2. The maximum absolute atomic E-state index is 11.8. The highest BCUT2D eigenvalue weighted by atomic mass is 127. The van der Waals surface area contributed by atoms with Gasteiger partial charge in [-0.1, -0.05) is 0 Å². The van der Waals surface area contributed by atoms with E-state index in [2.05, 4.69) is 37.9 Å². The molecule has 1 N–H and O–H groups in total. The molecule has 0 saturated carbocycles. The maximum Gasteiger partial charge on any atom is 0.275 e. The normalized spacial score (nSPS) is 9.56. The first-order chi connectivity index (χ1) is 8.69. The zero-order valence-corrected chi connectivity index (χ0v) is 11.2. The number of pyridine rings is 2. The average Bonchev–Trinajstić information content (AvgIpc) is 2.41. The Hall–Kier alpha value is -2.01. The number of nitriles is 1. The van der Waals surface area contributed by atoms with Crippen LogP contribution in [0.1, 0.15) is 16.1 Å². The van der Waals surface area contributed by atoms with E-state index < -0.39 is 0 Å². The van der Waals surface area contributed by atoms with Gasteiger partial charge in [0, 0.05) is 16.0 Å². The number of anilines is 1. The van der Waals surface area contributed by atoms with Crippen molar-refractivity contribution in [3.05, 3.63) is 51.5 Å². The standard InChI is InChI=1S/C12H7IN4O/c13-9-2-4-11(16-7-9)17-12(18)10-3-1-8(5-14)6-15-10/h1-4,6-7H,(H,16,17,18). The summed E-state index contributed by atoms with van der Waals surface area (Å²) < 4.78 is 0.988. The summed E-state index contributed by atoms with van der Waals surface area (Å²) in [5.74, 6) is 0.111. The van der Waals surface area contributed by atoms with E-state index in [1.165, 1.54) is 12.3 Å². The summed E-state index contributed by atoms with van der Waals surface area (Å²) in [6.45, 7) is 0. The molecule has 0 unspecified atom stereocenters. The highest BCUT2D eigenvalue weighted by Crippen LogP contribution is 2.08. The molecule has 1 amide bonds. The largest absolute Gasteiger partial charge is 0.305 e. The third kappa shape index (κ3) is 3.01. The van der Waals surface area contributed by atoms with Crippen molar-refractivity contribution in [1.29, 1.82) is 5.26 Å². The number of halogens is 1. The molecule has 0 spiro atoms. The van der Waals surface area contributed by atoms with Crippen molar-refractivity contribution < 1.29 is 4.79 Å². The average molecular weight is 350 g/mol. The van der Waals surface area contributed by atoms with E-state index in [0.29, 0.717) is 11.4 Å². The molecule has 18 heavy (non-hydrogen) atoms. The van der Waals surface area contributed by atoms with Gasteiger partial charge in [0.2, 0.25) is 0 Å². The third-order valence-corrected chi connectivity index (χ3v) is 2.73. The van der Waals surface area contributed by atoms with E-state index in [4.69, 9.17) is 5.26 Å². The molecule has 5 nitrogen and oxygen atoms in total. The van der Waals surface area contributed by atoms with E-state index in [-0.39, 0.29) is 11.6 Å². The Balaban J connectivity index is 2.12. The monoisotopic (exact) mass is 350 g/mol. The number of carbonyl (C=O) groups excluding carboxylic acids is 1. The van der Waals surface area contributed by atoms with Crippen LogP contribution in [-0.4, -0.2) is 15.9 Å². The minimum absolute atomic E-state index is 0.245. The van der Waals surface area contributed by atoms with Gasteiger partial charge in [-0.25, -0.2) is 9.97 Å². The lowest BCUT2D eigenvalue weighted by Gasteiger charge is -2.03. The van der Waals surface area contributed by atoms with Crippen molar-refractivity contribution in [3.8, 4) is 6.07 Å². The summed E-state index contributed by atoms with van der Waals surface area (Å²) in [5, 5.41) is 11.3. The van der Waals surface area contributed by atoms with Crippen LogP contribution >= 0.6 is 22.6 Å². The van der Waals surface area contributed by atoms with Crippen molar-refractivity contribution in [2.75, 3.05) is 5.32 Å². The van der Waals surface area contributed by atoms with Crippen molar-refractivity contribution in [1.82, 2.24) is 9.97 Å². The Morgan fingerprint density at radius 2 is 2.06 bits per heavy atom. The van der Waals surface area contributed by atoms with Gasteiger partial charge in [-0.05, 0) is 46.9 Å². The molecular formula is C12H7IN4O. The van der Waals surface area contributed by atoms with Crippen LogP contribution in [0.25, 0.3) is 0 Å². The predicted octanol–water partition coefficient (Wildman–Crippen LogP) is 2.21. The number of hydrogen-bond acceptors (Lipinski definition) is 4. The topological polar surface area (TPSA) is 78.7 Å². The summed E-state index contributed by atoms with van der Waals surface area (Å²) in [4.78, 5) is 19.8. The van der Waals surface area contributed by atoms with Crippen molar-refractivity contribution in [2.24, 2.45) is 0 Å². The van der Waals surface area contributed by atoms with Crippen LogP contribution in [0.3, 0.4) is 0 Å². The molecule has 2 aromatic heterocycles. The predicted molar refractivity (Wildman–Crippen MR) is 73.9 cm³/mol. The van der Waals surface area contributed by atoms with Crippen molar-refractivity contribution in [2.45, 2.75) is 0 Å². The quantitative estimate of drug-likeness (QED) is 0.843. The van der Waals surface area contributed by atoms with Gasteiger partial charge in [-0.2, -0.15) is 5.26 Å². The van der Waals surface area contributed by atoms with Gasteiger partial charge in [-0.3, -0.25) is 4.79 Å². The lowest BCUT2D eigenvalue weighted by molar-refractivity contribution is 0.102. The van der Waals surface area contributed by atoms with Gasteiger partial charge in [-0.15, -0.1) is 0 Å². The van der Waals surface area contributed by atoms with E-state index in [9.17, 15) is 4.79 Å². The highest BCUT2D eigenvalue weighted by molar-refractivity contribution is 14.1. The van der Waals surface area contributed by atoms with Crippen LogP contribution in [0.5, 0.6) is 0 Å². The van der Waals surface area contributed by atoms with Crippen molar-refractivity contribution in [3.63, 3.8) is 0 Å².